The molecule has 1 aromatic carbocycles. The van der Waals surface area contributed by atoms with Crippen molar-refractivity contribution < 1.29 is 15.0 Å². The van der Waals surface area contributed by atoms with Crippen LogP contribution in [0.2, 0.25) is 0 Å². The molecule has 0 aliphatic carbocycles. The van der Waals surface area contributed by atoms with Gasteiger partial charge in [-0.1, -0.05) is 0 Å². The highest BCUT2D eigenvalue weighted by molar-refractivity contribution is 7.80. The summed E-state index contributed by atoms with van der Waals surface area (Å²) in [7, 11) is 0. The number of rotatable bonds is 4. The zero-order valence-electron chi connectivity index (χ0n) is 9.14. The van der Waals surface area contributed by atoms with E-state index in [-0.39, 0.29) is 10.7 Å². The van der Waals surface area contributed by atoms with E-state index in [1.807, 2.05) is 0 Å². The van der Waals surface area contributed by atoms with Crippen molar-refractivity contribution in [1.82, 2.24) is 5.43 Å². The van der Waals surface area contributed by atoms with E-state index in [1.165, 1.54) is 0 Å². The molecule has 11 heteroatoms. The lowest BCUT2D eigenvalue weighted by Crippen LogP contribution is -2.24. The fourth-order valence-corrected chi connectivity index (χ4v) is 1.19. The molecule has 0 heterocycles. The highest BCUT2D eigenvalue weighted by Crippen LogP contribution is 2.33. The normalized spacial score (nSPS) is 10.3. The number of thiocarbonyl (C=S) groups is 1. The Labute approximate surface area is 110 Å². The van der Waals surface area contributed by atoms with Gasteiger partial charge in [0.25, 0.3) is 5.69 Å². The highest BCUT2D eigenvalue weighted by atomic mass is 32.1. The van der Waals surface area contributed by atoms with E-state index in [0.717, 1.165) is 12.3 Å². The first-order chi connectivity index (χ1) is 8.82. The predicted molar refractivity (Wildman–Crippen MR) is 68.9 cm³/mol. The summed E-state index contributed by atoms with van der Waals surface area (Å²) in [4.78, 5) is 19.5. The number of nitrogens with one attached hydrogen (secondary N) is 1. The van der Waals surface area contributed by atoms with Crippen molar-refractivity contribution in [3.63, 3.8) is 0 Å². The Morgan fingerprint density at radius 2 is 2.05 bits per heavy atom. The van der Waals surface area contributed by atoms with Gasteiger partial charge in [0.05, 0.1) is 27.7 Å². The minimum Gasteiger partial charge on any atom is -0.502 e. The largest absolute Gasteiger partial charge is 0.502 e. The van der Waals surface area contributed by atoms with E-state index in [0.29, 0.717) is 6.07 Å². The molecule has 0 fully saturated rings. The van der Waals surface area contributed by atoms with Crippen LogP contribution in [0.4, 0.5) is 11.4 Å². The summed E-state index contributed by atoms with van der Waals surface area (Å²) in [6, 6.07) is 1.57. The second-order valence-electron chi connectivity index (χ2n) is 3.15. The van der Waals surface area contributed by atoms with Crippen LogP contribution in [0.5, 0.6) is 5.75 Å². The summed E-state index contributed by atoms with van der Waals surface area (Å²) >= 11 is 4.45. The van der Waals surface area contributed by atoms with Crippen molar-refractivity contribution >= 4 is 34.9 Å². The lowest BCUT2D eigenvalue weighted by atomic mass is 10.1. The van der Waals surface area contributed by atoms with Crippen LogP contribution in [0.25, 0.3) is 0 Å². The molecule has 0 aliphatic rings. The number of nitro groups is 2. The average Bonchev–Trinajstić information content (AvgIpc) is 2.30. The van der Waals surface area contributed by atoms with E-state index in [4.69, 9.17) is 5.73 Å². The third-order valence-electron chi connectivity index (χ3n) is 1.89. The van der Waals surface area contributed by atoms with Gasteiger partial charge in [-0.2, -0.15) is 5.10 Å². The molecule has 0 aromatic heterocycles. The molecule has 1 rings (SSSR count). The molecule has 0 bridgehead atoms. The predicted octanol–water partition coefficient (Wildman–Crippen LogP) is 0.376. The Morgan fingerprint density at radius 1 is 1.42 bits per heavy atom. The number of phenolic OH excluding ortho intramolecular Hbond substituents is 1. The number of hydrogen-bond acceptors (Lipinski definition) is 7. The topological polar surface area (TPSA) is 157 Å². The molecule has 4 N–H and O–H groups in total. The van der Waals surface area contributed by atoms with Crippen molar-refractivity contribution in [2.75, 3.05) is 0 Å². The quantitative estimate of drug-likeness (QED) is 0.310. The van der Waals surface area contributed by atoms with Crippen molar-refractivity contribution in [2.45, 2.75) is 0 Å². The standard InChI is InChI=1S/C8H7N5O5S/c9-8(19)11-10-3-4-1-5(12(15)16)2-6(7(4)14)13(17)18/h1-3,14H,(H3,9,11,19). The van der Waals surface area contributed by atoms with Gasteiger partial charge < -0.3 is 10.8 Å². The maximum absolute atomic E-state index is 10.7. The van der Waals surface area contributed by atoms with Crippen LogP contribution in [0.1, 0.15) is 5.56 Å². The Morgan fingerprint density at radius 3 is 2.53 bits per heavy atom. The van der Waals surface area contributed by atoms with Gasteiger partial charge in [-0.3, -0.25) is 25.7 Å². The average molecular weight is 285 g/mol. The molecule has 19 heavy (non-hydrogen) atoms. The van der Waals surface area contributed by atoms with E-state index in [9.17, 15) is 25.3 Å². The van der Waals surface area contributed by atoms with E-state index < -0.39 is 27.0 Å². The third kappa shape index (κ3) is 3.57. The van der Waals surface area contributed by atoms with Gasteiger partial charge in [0.2, 0.25) is 5.75 Å². The molecule has 0 saturated heterocycles. The fraction of sp³-hybridized carbons (Fsp3) is 0. The molecular formula is C8H7N5O5S. The molecule has 100 valence electrons. The minimum absolute atomic E-state index is 0.171. The lowest BCUT2D eigenvalue weighted by Gasteiger charge is -2.01. The summed E-state index contributed by atoms with van der Waals surface area (Å²) < 4.78 is 0. The van der Waals surface area contributed by atoms with Gasteiger partial charge in [-0.25, -0.2) is 0 Å². The van der Waals surface area contributed by atoms with Crippen LogP contribution in [0.15, 0.2) is 17.2 Å². The number of aromatic hydroxyl groups is 1. The molecule has 1 aromatic rings. The maximum Gasteiger partial charge on any atom is 0.318 e. The molecule has 0 amide bonds. The Balaban J connectivity index is 3.29. The number of hydrazone groups is 1. The number of phenols is 1. The van der Waals surface area contributed by atoms with Gasteiger partial charge >= 0.3 is 5.69 Å². The third-order valence-corrected chi connectivity index (χ3v) is 1.98. The van der Waals surface area contributed by atoms with E-state index in [1.54, 1.807) is 0 Å². The molecular weight excluding hydrogens is 278 g/mol. The number of nitro benzene ring substituents is 2. The van der Waals surface area contributed by atoms with E-state index >= 15 is 0 Å². The molecule has 0 aliphatic heterocycles. The van der Waals surface area contributed by atoms with Gasteiger partial charge in [-0.05, 0) is 12.2 Å². The Hall–Kier alpha value is -2.82. The SMILES string of the molecule is NC(=S)NN=Cc1cc([N+](=O)[O-])cc([N+](=O)[O-])c1O. The zero-order valence-corrected chi connectivity index (χ0v) is 9.96. The second-order valence-corrected chi connectivity index (χ2v) is 3.59. The van der Waals surface area contributed by atoms with Crippen molar-refractivity contribution in [1.29, 1.82) is 0 Å². The van der Waals surface area contributed by atoms with Gasteiger partial charge in [0.15, 0.2) is 5.11 Å². The molecule has 0 saturated carbocycles. The van der Waals surface area contributed by atoms with Crippen LogP contribution < -0.4 is 11.2 Å². The lowest BCUT2D eigenvalue weighted by molar-refractivity contribution is -0.394. The molecule has 0 radical (unpaired) electrons. The van der Waals surface area contributed by atoms with Crippen LogP contribution in [-0.2, 0) is 0 Å². The van der Waals surface area contributed by atoms with Gasteiger partial charge in [0.1, 0.15) is 0 Å². The molecule has 0 atom stereocenters. The first-order valence-electron chi connectivity index (χ1n) is 4.57. The van der Waals surface area contributed by atoms with Crippen molar-refractivity contribution in [3.05, 3.63) is 37.9 Å². The first-order valence-corrected chi connectivity index (χ1v) is 4.98. The molecule has 0 spiro atoms. The van der Waals surface area contributed by atoms with Crippen LogP contribution in [0, 0.1) is 20.2 Å². The number of hydrogen-bond donors (Lipinski definition) is 3. The second kappa shape index (κ2) is 5.68. The first kappa shape index (κ1) is 14.2. The monoisotopic (exact) mass is 285 g/mol. The molecule has 0 unspecified atom stereocenters. The highest BCUT2D eigenvalue weighted by Gasteiger charge is 2.22. The summed E-state index contributed by atoms with van der Waals surface area (Å²) in [6.07, 6.45) is 0.925. The number of non-ortho nitro benzene ring substituents is 1. The van der Waals surface area contributed by atoms with Crippen LogP contribution in [0.3, 0.4) is 0 Å². The van der Waals surface area contributed by atoms with Gasteiger partial charge in [0, 0.05) is 6.07 Å². The van der Waals surface area contributed by atoms with Crippen LogP contribution in [-0.4, -0.2) is 26.3 Å². The number of nitrogens with two attached hydrogens (primary N) is 1. The summed E-state index contributed by atoms with van der Waals surface area (Å²) in [5.41, 5.74) is 5.65. The number of benzene rings is 1. The minimum atomic E-state index is -0.944. The van der Waals surface area contributed by atoms with Crippen LogP contribution >= 0.6 is 12.2 Å². The maximum atomic E-state index is 10.7. The summed E-state index contributed by atoms with van der Waals surface area (Å²) in [5, 5.41) is 34.1. The van der Waals surface area contributed by atoms with Crippen molar-refractivity contribution in [2.24, 2.45) is 10.8 Å². The smallest absolute Gasteiger partial charge is 0.318 e. The van der Waals surface area contributed by atoms with E-state index in [2.05, 4.69) is 22.7 Å². The fourth-order valence-electron chi connectivity index (χ4n) is 1.13. The summed E-state index contributed by atoms with van der Waals surface area (Å²) in [5.74, 6) is -0.746. The van der Waals surface area contributed by atoms with Gasteiger partial charge in [-0.15, -0.1) is 0 Å². The van der Waals surface area contributed by atoms with Crippen molar-refractivity contribution in [3.8, 4) is 5.75 Å². The molecule has 10 nitrogen and oxygen atoms in total. The Bertz CT molecular complexity index is 587. The summed E-state index contributed by atoms with van der Waals surface area (Å²) in [6.45, 7) is 0. The zero-order chi connectivity index (χ0) is 14.6. The Kier molecular flexibility index (Phi) is 4.26. The number of nitrogens with zero attached hydrogens (tertiary/aromatic N) is 3.